The second-order valence-electron chi connectivity index (χ2n) is 4.43. The molecule has 0 saturated carbocycles. The molecule has 4 heteroatoms. The molecule has 0 aliphatic carbocycles. The van der Waals surface area contributed by atoms with Gasteiger partial charge in [0, 0.05) is 6.07 Å². The standard InChI is InChI=1S/C15H16N2O2/c1-12(13-6-3-2-4-7-13)16-15(19)11-17-9-5-8-14(18)10-17/h2-10,12H,11H2,1H3,(H-,16,18,19)/p+1. The minimum Gasteiger partial charge on any atom is -0.503 e. The molecule has 0 spiro atoms. The highest BCUT2D eigenvalue weighted by Gasteiger charge is 2.13. The van der Waals surface area contributed by atoms with Crippen molar-refractivity contribution in [2.24, 2.45) is 0 Å². The van der Waals surface area contributed by atoms with Crippen molar-refractivity contribution >= 4 is 5.91 Å². The summed E-state index contributed by atoms with van der Waals surface area (Å²) in [6.07, 6.45) is 3.26. The molecular formula is C15H17N2O2+. The lowest BCUT2D eigenvalue weighted by Crippen LogP contribution is -2.42. The maximum atomic E-state index is 11.9. The molecule has 0 radical (unpaired) electrons. The first-order chi connectivity index (χ1) is 9.15. The fraction of sp³-hybridized carbons (Fsp3) is 0.200. The van der Waals surface area contributed by atoms with E-state index in [4.69, 9.17) is 0 Å². The summed E-state index contributed by atoms with van der Waals surface area (Å²) < 4.78 is 1.64. The van der Waals surface area contributed by atoms with Crippen LogP contribution in [0.3, 0.4) is 0 Å². The molecule has 0 bridgehead atoms. The van der Waals surface area contributed by atoms with Gasteiger partial charge in [0.2, 0.25) is 12.7 Å². The van der Waals surface area contributed by atoms with Gasteiger partial charge in [-0.2, -0.15) is 4.57 Å². The van der Waals surface area contributed by atoms with E-state index in [1.807, 2.05) is 37.3 Å². The Morgan fingerprint density at radius 3 is 2.68 bits per heavy atom. The van der Waals surface area contributed by atoms with Crippen LogP contribution in [0.25, 0.3) is 0 Å². The second-order valence-corrected chi connectivity index (χ2v) is 4.43. The molecule has 1 aromatic carbocycles. The van der Waals surface area contributed by atoms with Crippen molar-refractivity contribution in [3.8, 4) is 5.75 Å². The average molecular weight is 257 g/mol. The van der Waals surface area contributed by atoms with Gasteiger partial charge in [-0.25, -0.2) is 0 Å². The maximum absolute atomic E-state index is 11.9. The second kappa shape index (κ2) is 6.00. The molecule has 1 amide bonds. The molecule has 2 aromatic rings. The lowest BCUT2D eigenvalue weighted by atomic mass is 10.1. The number of benzene rings is 1. The smallest absolute Gasteiger partial charge is 0.286 e. The van der Waals surface area contributed by atoms with Crippen molar-refractivity contribution in [2.75, 3.05) is 0 Å². The summed E-state index contributed by atoms with van der Waals surface area (Å²) in [4.78, 5) is 11.9. The first kappa shape index (κ1) is 13.1. The van der Waals surface area contributed by atoms with Gasteiger partial charge in [0.25, 0.3) is 5.91 Å². The number of nitrogens with zero attached hydrogens (tertiary/aromatic N) is 1. The van der Waals surface area contributed by atoms with Crippen molar-refractivity contribution in [1.82, 2.24) is 5.32 Å². The third-order valence-corrected chi connectivity index (χ3v) is 2.85. The summed E-state index contributed by atoms with van der Waals surface area (Å²) in [5.74, 6) is 0.0540. The Hall–Kier alpha value is -2.36. The van der Waals surface area contributed by atoms with Crippen molar-refractivity contribution in [3.05, 3.63) is 60.4 Å². The van der Waals surface area contributed by atoms with Crippen LogP contribution in [-0.2, 0) is 11.3 Å². The Balaban J connectivity index is 1.95. The summed E-state index contributed by atoms with van der Waals surface area (Å²) in [5, 5.41) is 12.3. The van der Waals surface area contributed by atoms with E-state index < -0.39 is 0 Å². The van der Waals surface area contributed by atoms with Crippen LogP contribution in [-0.4, -0.2) is 11.0 Å². The number of carbonyl (C=O) groups is 1. The highest BCUT2D eigenvalue weighted by Crippen LogP contribution is 2.10. The highest BCUT2D eigenvalue weighted by molar-refractivity contribution is 5.74. The molecule has 1 atom stereocenters. The summed E-state index contributed by atoms with van der Waals surface area (Å²) in [5.41, 5.74) is 1.07. The van der Waals surface area contributed by atoms with Gasteiger partial charge in [-0.15, -0.1) is 0 Å². The van der Waals surface area contributed by atoms with Crippen molar-refractivity contribution in [2.45, 2.75) is 19.5 Å². The zero-order valence-corrected chi connectivity index (χ0v) is 10.8. The maximum Gasteiger partial charge on any atom is 0.286 e. The minimum atomic E-state index is -0.0908. The number of hydrogen-bond acceptors (Lipinski definition) is 2. The molecule has 0 fully saturated rings. The quantitative estimate of drug-likeness (QED) is 0.817. The lowest BCUT2D eigenvalue weighted by Gasteiger charge is -2.12. The van der Waals surface area contributed by atoms with E-state index in [0.29, 0.717) is 0 Å². The SMILES string of the molecule is CC(NC(=O)C[n+]1cccc(O)c1)c1ccccc1. The summed E-state index contributed by atoms with van der Waals surface area (Å²) in [6, 6.07) is 13.0. The van der Waals surface area contributed by atoms with E-state index >= 15 is 0 Å². The van der Waals surface area contributed by atoms with Crippen LogP contribution in [0, 0.1) is 0 Å². The van der Waals surface area contributed by atoms with Gasteiger partial charge in [-0.05, 0) is 18.6 Å². The first-order valence-corrected chi connectivity index (χ1v) is 6.17. The fourth-order valence-corrected chi connectivity index (χ4v) is 1.88. The molecule has 0 aliphatic heterocycles. The number of nitrogens with one attached hydrogen (secondary N) is 1. The Morgan fingerprint density at radius 2 is 2.00 bits per heavy atom. The number of aromatic nitrogens is 1. The molecule has 2 N–H and O–H groups in total. The average Bonchev–Trinajstić information content (AvgIpc) is 2.39. The molecule has 1 unspecified atom stereocenters. The number of rotatable bonds is 4. The molecule has 98 valence electrons. The van der Waals surface area contributed by atoms with Crippen molar-refractivity contribution in [1.29, 1.82) is 0 Å². The highest BCUT2D eigenvalue weighted by atomic mass is 16.3. The normalized spacial score (nSPS) is 11.8. The van der Waals surface area contributed by atoms with Crippen LogP contribution < -0.4 is 9.88 Å². The summed E-state index contributed by atoms with van der Waals surface area (Å²) >= 11 is 0. The first-order valence-electron chi connectivity index (χ1n) is 6.17. The van der Waals surface area contributed by atoms with Crippen LogP contribution in [0.1, 0.15) is 18.5 Å². The Morgan fingerprint density at radius 1 is 1.26 bits per heavy atom. The molecule has 1 heterocycles. The third kappa shape index (κ3) is 3.81. The van der Waals surface area contributed by atoms with Gasteiger partial charge >= 0.3 is 0 Å². The zero-order chi connectivity index (χ0) is 13.7. The van der Waals surface area contributed by atoms with Gasteiger partial charge in [0.15, 0.2) is 11.9 Å². The van der Waals surface area contributed by atoms with Gasteiger partial charge in [-0.1, -0.05) is 30.3 Å². The predicted octanol–water partition coefficient (Wildman–Crippen LogP) is 1.56. The third-order valence-electron chi connectivity index (χ3n) is 2.85. The molecule has 19 heavy (non-hydrogen) atoms. The number of hydrogen-bond donors (Lipinski definition) is 2. The zero-order valence-electron chi connectivity index (χ0n) is 10.8. The Bertz CT molecular complexity index is 555. The van der Waals surface area contributed by atoms with Gasteiger partial charge < -0.3 is 10.4 Å². The lowest BCUT2D eigenvalue weighted by molar-refractivity contribution is -0.684. The van der Waals surface area contributed by atoms with Crippen LogP contribution in [0.4, 0.5) is 0 Å². The van der Waals surface area contributed by atoms with E-state index in [1.54, 1.807) is 22.9 Å². The molecule has 0 saturated heterocycles. The monoisotopic (exact) mass is 257 g/mol. The number of amides is 1. The van der Waals surface area contributed by atoms with Crippen LogP contribution in [0.2, 0.25) is 0 Å². The van der Waals surface area contributed by atoms with Crippen LogP contribution >= 0.6 is 0 Å². The van der Waals surface area contributed by atoms with E-state index in [-0.39, 0.29) is 24.2 Å². The Kier molecular flexibility index (Phi) is 4.13. The fourth-order valence-electron chi connectivity index (χ4n) is 1.88. The van der Waals surface area contributed by atoms with E-state index in [2.05, 4.69) is 5.32 Å². The topological polar surface area (TPSA) is 53.2 Å². The van der Waals surface area contributed by atoms with Gasteiger partial charge in [-0.3, -0.25) is 4.79 Å². The van der Waals surface area contributed by atoms with Gasteiger partial charge in [0.05, 0.1) is 6.04 Å². The van der Waals surface area contributed by atoms with Crippen LogP contribution in [0.5, 0.6) is 5.75 Å². The molecular weight excluding hydrogens is 240 g/mol. The Labute approximate surface area is 112 Å². The van der Waals surface area contributed by atoms with Crippen LogP contribution in [0.15, 0.2) is 54.9 Å². The van der Waals surface area contributed by atoms with E-state index in [1.165, 1.54) is 6.20 Å². The number of carbonyl (C=O) groups excluding carboxylic acids is 1. The molecule has 4 nitrogen and oxygen atoms in total. The van der Waals surface area contributed by atoms with Crippen molar-refractivity contribution < 1.29 is 14.5 Å². The number of aromatic hydroxyl groups is 1. The number of pyridine rings is 1. The van der Waals surface area contributed by atoms with Crippen molar-refractivity contribution in [3.63, 3.8) is 0 Å². The molecule has 1 aromatic heterocycles. The summed E-state index contributed by atoms with van der Waals surface area (Å²) in [6.45, 7) is 2.13. The van der Waals surface area contributed by atoms with Gasteiger partial charge in [0.1, 0.15) is 0 Å². The largest absolute Gasteiger partial charge is 0.503 e. The molecule has 2 rings (SSSR count). The summed E-state index contributed by atoms with van der Waals surface area (Å²) in [7, 11) is 0. The minimum absolute atomic E-state index is 0.0355. The molecule has 0 aliphatic rings. The van der Waals surface area contributed by atoms with E-state index in [0.717, 1.165) is 5.56 Å². The van der Waals surface area contributed by atoms with E-state index in [9.17, 15) is 9.90 Å². The predicted molar refractivity (Wildman–Crippen MR) is 71.3 cm³/mol.